The van der Waals surface area contributed by atoms with Gasteiger partial charge >= 0.3 is 0 Å². The van der Waals surface area contributed by atoms with E-state index in [4.69, 9.17) is 4.74 Å². The number of para-hydroxylation sites is 2. The predicted octanol–water partition coefficient (Wildman–Crippen LogP) is 1.96. The SMILES string of the molecule is COc1ccccc1C(C#N)NC(=O)c1cccc2n[nH]nc12. The van der Waals surface area contributed by atoms with E-state index in [0.717, 1.165) is 0 Å². The largest absolute Gasteiger partial charge is 0.496 e. The number of aromatic nitrogens is 3. The maximum absolute atomic E-state index is 12.5. The van der Waals surface area contributed by atoms with Gasteiger partial charge in [-0.05, 0) is 18.2 Å². The van der Waals surface area contributed by atoms with Crippen molar-refractivity contribution in [1.29, 1.82) is 5.26 Å². The number of nitrogens with one attached hydrogen (secondary N) is 2. The molecule has 0 bridgehead atoms. The molecule has 0 spiro atoms. The number of rotatable bonds is 4. The van der Waals surface area contributed by atoms with E-state index in [-0.39, 0.29) is 0 Å². The number of aromatic amines is 1. The third-order valence-electron chi connectivity index (χ3n) is 3.45. The molecule has 114 valence electrons. The van der Waals surface area contributed by atoms with Crippen molar-refractivity contribution in [3.05, 3.63) is 53.6 Å². The number of carbonyl (C=O) groups is 1. The maximum Gasteiger partial charge on any atom is 0.254 e. The summed E-state index contributed by atoms with van der Waals surface area (Å²) in [6.45, 7) is 0. The monoisotopic (exact) mass is 307 g/mol. The number of fused-ring (bicyclic) bond motifs is 1. The third kappa shape index (κ3) is 2.70. The molecule has 2 N–H and O–H groups in total. The van der Waals surface area contributed by atoms with E-state index in [1.165, 1.54) is 7.11 Å². The lowest BCUT2D eigenvalue weighted by Crippen LogP contribution is -2.28. The topological polar surface area (TPSA) is 104 Å². The molecular formula is C16H13N5O2. The second-order valence-electron chi connectivity index (χ2n) is 4.77. The Hall–Kier alpha value is -3.40. The second kappa shape index (κ2) is 6.15. The van der Waals surface area contributed by atoms with Crippen LogP contribution in [-0.4, -0.2) is 28.4 Å². The van der Waals surface area contributed by atoms with Gasteiger partial charge in [-0.1, -0.05) is 24.3 Å². The Morgan fingerprint density at radius 3 is 2.87 bits per heavy atom. The average Bonchev–Trinajstić information content (AvgIpc) is 3.08. The molecule has 7 nitrogen and oxygen atoms in total. The molecule has 1 atom stereocenters. The summed E-state index contributed by atoms with van der Waals surface area (Å²) in [5.74, 6) is 0.140. The summed E-state index contributed by atoms with van der Waals surface area (Å²) in [7, 11) is 1.52. The van der Waals surface area contributed by atoms with Crippen LogP contribution in [0.4, 0.5) is 0 Å². The normalized spacial score (nSPS) is 11.7. The van der Waals surface area contributed by atoms with Crippen molar-refractivity contribution in [2.75, 3.05) is 7.11 Å². The Morgan fingerprint density at radius 2 is 2.09 bits per heavy atom. The second-order valence-corrected chi connectivity index (χ2v) is 4.77. The van der Waals surface area contributed by atoms with Gasteiger partial charge in [0.15, 0.2) is 0 Å². The summed E-state index contributed by atoms with van der Waals surface area (Å²) in [4.78, 5) is 12.5. The van der Waals surface area contributed by atoms with Crippen LogP contribution in [0, 0.1) is 11.3 Å². The molecule has 1 aromatic heterocycles. The van der Waals surface area contributed by atoms with Gasteiger partial charge in [-0.2, -0.15) is 20.7 Å². The summed E-state index contributed by atoms with van der Waals surface area (Å²) in [5, 5.41) is 22.5. The highest BCUT2D eigenvalue weighted by Gasteiger charge is 2.20. The molecule has 0 aliphatic rings. The van der Waals surface area contributed by atoms with E-state index < -0.39 is 11.9 Å². The van der Waals surface area contributed by atoms with Crippen molar-refractivity contribution in [3.8, 4) is 11.8 Å². The molecule has 0 radical (unpaired) electrons. The fourth-order valence-electron chi connectivity index (χ4n) is 2.34. The molecule has 2 aromatic carbocycles. The first kappa shape index (κ1) is 14.5. The molecule has 3 aromatic rings. The number of carbonyl (C=O) groups excluding carboxylic acids is 1. The smallest absolute Gasteiger partial charge is 0.254 e. The van der Waals surface area contributed by atoms with Gasteiger partial charge in [0.1, 0.15) is 22.8 Å². The first-order chi connectivity index (χ1) is 11.2. The van der Waals surface area contributed by atoms with Crippen LogP contribution >= 0.6 is 0 Å². The van der Waals surface area contributed by atoms with Crippen molar-refractivity contribution in [1.82, 2.24) is 20.7 Å². The first-order valence-electron chi connectivity index (χ1n) is 6.87. The molecule has 0 saturated heterocycles. The average molecular weight is 307 g/mol. The van der Waals surface area contributed by atoms with Crippen LogP contribution in [0.25, 0.3) is 11.0 Å². The minimum atomic E-state index is -0.833. The molecule has 0 saturated carbocycles. The van der Waals surface area contributed by atoms with Crippen LogP contribution in [-0.2, 0) is 0 Å². The van der Waals surface area contributed by atoms with E-state index in [9.17, 15) is 10.1 Å². The Morgan fingerprint density at radius 1 is 1.26 bits per heavy atom. The van der Waals surface area contributed by atoms with Gasteiger partial charge in [-0.15, -0.1) is 0 Å². The first-order valence-corrected chi connectivity index (χ1v) is 6.87. The zero-order chi connectivity index (χ0) is 16.2. The predicted molar refractivity (Wildman–Crippen MR) is 82.7 cm³/mol. The number of H-pyrrole nitrogens is 1. The molecule has 1 heterocycles. The van der Waals surface area contributed by atoms with E-state index >= 15 is 0 Å². The van der Waals surface area contributed by atoms with Crippen LogP contribution in [0.1, 0.15) is 22.0 Å². The zero-order valence-corrected chi connectivity index (χ0v) is 12.3. The van der Waals surface area contributed by atoms with Gasteiger partial charge < -0.3 is 10.1 Å². The molecular weight excluding hydrogens is 294 g/mol. The highest BCUT2D eigenvalue weighted by molar-refractivity contribution is 6.04. The van der Waals surface area contributed by atoms with Gasteiger partial charge in [0, 0.05) is 5.56 Å². The summed E-state index contributed by atoms with van der Waals surface area (Å²) >= 11 is 0. The van der Waals surface area contributed by atoms with Crippen LogP contribution in [0.2, 0.25) is 0 Å². The number of hydrogen-bond donors (Lipinski definition) is 2. The minimum absolute atomic E-state index is 0.353. The quantitative estimate of drug-likeness (QED) is 0.766. The van der Waals surface area contributed by atoms with Crippen LogP contribution in [0.3, 0.4) is 0 Å². The Labute approximate surface area is 131 Å². The molecule has 1 unspecified atom stereocenters. The Balaban J connectivity index is 1.92. The number of benzene rings is 2. The van der Waals surface area contributed by atoms with Crippen LogP contribution < -0.4 is 10.1 Å². The van der Waals surface area contributed by atoms with E-state index in [1.54, 1.807) is 42.5 Å². The van der Waals surface area contributed by atoms with Crippen molar-refractivity contribution in [2.45, 2.75) is 6.04 Å². The van der Waals surface area contributed by atoms with Crippen molar-refractivity contribution in [3.63, 3.8) is 0 Å². The minimum Gasteiger partial charge on any atom is -0.496 e. The zero-order valence-electron chi connectivity index (χ0n) is 12.3. The highest BCUT2D eigenvalue weighted by atomic mass is 16.5. The lowest BCUT2D eigenvalue weighted by molar-refractivity contribution is 0.0946. The van der Waals surface area contributed by atoms with Gasteiger partial charge in [-0.3, -0.25) is 4.79 Å². The number of nitrogens with zero attached hydrogens (tertiary/aromatic N) is 3. The molecule has 0 aliphatic heterocycles. The number of methoxy groups -OCH3 is 1. The van der Waals surface area contributed by atoms with Gasteiger partial charge in [0.25, 0.3) is 5.91 Å². The Kier molecular flexibility index (Phi) is 3.89. The molecule has 23 heavy (non-hydrogen) atoms. The maximum atomic E-state index is 12.5. The molecule has 0 aliphatic carbocycles. The highest BCUT2D eigenvalue weighted by Crippen LogP contribution is 2.25. The molecule has 3 rings (SSSR count). The van der Waals surface area contributed by atoms with Gasteiger partial charge in [0.05, 0.1) is 18.7 Å². The lowest BCUT2D eigenvalue weighted by atomic mass is 10.1. The van der Waals surface area contributed by atoms with Crippen molar-refractivity contribution < 1.29 is 9.53 Å². The third-order valence-corrected chi connectivity index (χ3v) is 3.45. The fourth-order valence-corrected chi connectivity index (χ4v) is 2.34. The Bertz CT molecular complexity index is 897. The number of amides is 1. The molecule has 1 amide bonds. The summed E-state index contributed by atoms with van der Waals surface area (Å²) in [6, 6.07) is 13.4. The number of hydrogen-bond acceptors (Lipinski definition) is 5. The van der Waals surface area contributed by atoms with Crippen LogP contribution in [0.5, 0.6) is 5.75 Å². The number of ether oxygens (including phenoxy) is 1. The summed E-state index contributed by atoms with van der Waals surface area (Å²) in [5.41, 5.74) is 2.00. The van der Waals surface area contributed by atoms with E-state index in [0.29, 0.717) is 27.9 Å². The standard InChI is InChI=1S/C16H13N5O2/c1-23-14-8-3-2-5-10(14)13(9-17)18-16(22)11-6-4-7-12-15(11)20-21-19-12/h2-8,13H,1H3,(H,18,22)(H,19,20,21). The van der Waals surface area contributed by atoms with Crippen molar-refractivity contribution in [2.24, 2.45) is 0 Å². The molecule has 0 fully saturated rings. The van der Waals surface area contributed by atoms with Gasteiger partial charge in [-0.25, -0.2) is 0 Å². The van der Waals surface area contributed by atoms with Crippen LogP contribution in [0.15, 0.2) is 42.5 Å². The molecule has 7 heteroatoms. The number of nitriles is 1. The van der Waals surface area contributed by atoms with E-state index in [1.807, 2.05) is 0 Å². The van der Waals surface area contributed by atoms with Gasteiger partial charge in [0.2, 0.25) is 0 Å². The fraction of sp³-hybridized carbons (Fsp3) is 0.125. The van der Waals surface area contributed by atoms with E-state index in [2.05, 4.69) is 26.8 Å². The van der Waals surface area contributed by atoms with Crippen molar-refractivity contribution >= 4 is 16.9 Å². The summed E-state index contributed by atoms with van der Waals surface area (Å²) < 4.78 is 5.24. The lowest BCUT2D eigenvalue weighted by Gasteiger charge is -2.15. The summed E-state index contributed by atoms with van der Waals surface area (Å²) in [6.07, 6.45) is 0.